The molecular formula is C16H18N2O. The van der Waals surface area contributed by atoms with E-state index in [1.165, 1.54) is 0 Å². The van der Waals surface area contributed by atoms with Crippen LogP contribution in [-0.2, 0) is 17.8 Å². The van der Waals surface area contributed by atoms with E-state index in [0.717, 1.165) is 23.2 Å². The largest absolute Gasteiger partial charge is 0.399 e. The fourth-order valence-corrected chi connectivity index (χ4v) is 1.83. The molecule has 0 bridgehead atoms. The van der Waals surface area contributed by atoms with Gasteiger partial charge in [0.25, 0.3) is 0 Å². The lowest BCUT2D eigenvalue weighted by molar-refractivity contribution is -0.121. The van der Waals surface area contributed by atoms with E-state index in [0.29, 0.717) is 13.0 Å². The molecule has 1 amide bonds. The van der Waals surface area contributed by atoms with Gasteiger partial charge < -0.3 is 11.1 Å². The van der Waals surface area contributed by atoms with Gasteiger partial charge >= 0.3 is 0 Å². The third-order valence-corrected chi connectivity index (χ3v) is 2.95. The minimum absolute atomic E-state index is 0.0701. The zero-order valence-electron chi connectivity index (χ0n) is 10.8. The van der Waals surface area contributed by atoms with Crippen LogP contribution in [0.3, 0.4) is 0 Å². The van der Waals surface area contributed by atoms with Gasteiger partial charge in [0.1, 0.15) is 0 Å². The topological polar surface area (TPSA) is 55.1 Å². The van der Waals surface area contributed by atoms with Crippen molar-refractivity contribution in [2.75, 3.05) is 5.73 Å². The molecule has 0 fully saturated rings. The molecule has 19 heavy (non-hydrogen) atoms. The van der Waals surface area contributed by atoms with Crippen molar-refractivity contribution in [3.05, 3.63) is 65.7 Å². The van der Waals surface area contributed by atoms with E-state index >= 15 is 0 Å². The lowest BCUT2D eigenvalue weighted by Gasteiger charge is -2.05. The van der Waals surface area contributed by atoms with Crippen LogP contribution in [0.5, 0.6) is 0 Å². The van der Waals surface area contributed by atoms with Gasteiger partial charge in [-0.15, -0.1) is 0 Å². The Labute approximate surface area is 113 Å². The molecule has 0 saturated heterocycles. The smallest absolute Gasteiger partial charge is 0.220 e. The van der Waals surface area contributed by atoms with E-state index in [1.54, 1.807) is 0 Å². The van der Waals surface area contributed by atoms with Gasteiger partial charge in [-0.05, 0) is 29.7 Å². The normalized spacial score (nSPS) is 10.1. The molecule has 2 aromatic carbocycles. The highest BCUT2D eigenvalue weighted by Crippen LogP contribution is 2.07. The zero-order valence-corrected chi connectivity index (χ0v) is 10.8. The highest BCUT2D eigenvalue weighted by molar-refractivity contribution is 5.76. The zero-order chi connectivity index (χ0) is 13.5. The first-order valence-corrected chi connectivity index (χ1v) is 6.39. The highest BCUT2D eigenvalue weighted by Gasteiger charge is 2.02. The summed E-state index contributed by atoms with van der Waals surface area (Å²) in [6.45, 7) is 0.585. The van der Waals surface area contributed by atoms with Crippen LogP contribution in [0.25, 0.3) is 0 Å². The number of carbonyl (C=O) groups excluding carboxylic acids is 1. The van der Waals surface area contributed by atoms with Crippen molar-refractivity contribution in [2.24, 2.45) is 0 Å². The first-order chi connectivity index (χ1) is 9.24. The van der Waals surface area contributed by atoms with Gasteiger partial charge in [0.15, 0.2) is 0 Å². The highest BCUT2D eigenvalue weighted by atomic mass is 16.1. The predicted octanol–water partition coefficient (Wildman–Crippen LogP) is 2.52. The Morgan fingerprint density at radius 1 is 0.947 bits per heavy atom. The van der Waals surface area contributed by atoms with E-state index in [1.807, 2.05) is 54.6 Å². The second kappa shape index (κ2) is 6.59. The molecule has 0 atom stereocenters. The van der Waals surface area contributed by atoms with E-state index < -0.39 is 0 Å². The minimum Gasteiger partial charge on any atom is -0.399 e. The van der Waals surface area contributed by atoms with Gasteiger partial charge in [-0.25, -0.2) is 0 Å². The lowest BCUT2D eigenvalue weighted by atomic mass is 10.1. The lowest BCUT2D eigenvalue weighted by Crippen LogP contribution is -2.22. The molecule has 3 nitrogen and oxygen atoms in total. The SMILES string of the molecule is Nc1ccc(CCC(=O)NCc2ccccc2)cc1. The predicted molar refractivity (Wildman–Crippen MR) is 77.5 cm³/mol. The number of nitrogens with two attached hydrogens (primary N) is 1. The van der Waals surface area contributed by atoms with Crippen molar-refractivity contribution in [1.29, 1.82) is 0 Å². The van der Waals surface area contributed by atoms with Crippen molar-refractivity contribution in [1.82, 2.24) is 5.32 Å². The number of aryl methyl sites for hydroxylation is 1. The van der Waals surface area contributed by atoms with Gasteiger partial charge in [-0.3, -0.25) is 4.79 Å². The summed E-state index contributed by atoms with van der Waals surface area (Å²) < 4.78 is 0. The number of nitrogen functional groups attached to an aromatic ring is 1. The molecule has 0 aliphatic rings. The summed E-state index contributed by atoms with van der Waals surface area (Å²) in [7, 11) is 0. The van der Waals surface area contributed by atoms with Gasteiger partial charge in [0.2, 0.25) is 5.91 Å². The first kappa shape index (κ1) is 13.1. The molecule has 3 heteroatoms. The van der Waals surface area contributed by atoms with Crippen LogP contribution < -0.4 is 11.1 Å². The molecule has 0 saturated carbocycles. The number of hydrogen-bond donors (Lipinski definition) is 2. The average Bonchev–Trinajstić information content (AvgIpc) is 2.45. The van der Waals surface area contributed by atoms with Gasteiger partial charge in [0.05, 0.1) is 0 Å². The van der Waals surface area contributed by atoms with Crippen molar-refractivity contribution in [2.45, 2.75) is 19.4 Å². The Morgan fingerprint density at radius 2 is 1.63 bits per heavy atom. The summed E-state index contributed by atoms with van der Waals surface area (Å²) >= 11 is 0. The Morgan fingerprint density at radius 3 is 2.32 bits per heavy atom. The summed E-state index contributed by atoms with van der Waals surface area (Å²) in [5, 5.41) is 2.92. The van der Waals surface area contributed by atoms with Gasteiger partial charge in [0, 0.05) is 18.7 Å². The maximum Gasteiger partial charge on any atom is 0.220 e. The molecule has 2 rings (SSSR count). The Kier molecular flexibility index (Phi) is 4.56. The second-order valence-corrected chi connectivity index (χ2v) is 4.50. The van der Waals surface area contributed by atoms with Crippen LogP contribution >= 0.6 is 0 Å². The number of hydrogen-bond acceptors (Lipinski definition) is 2. The number of benzene rings is 2. The van der Waals surface area contributed by atoms with Crippen LogP contribution in [0.4, 0.5) is 5.69 Å². The molecule has 98 valence electrons. The number of carbonyl (C=O) groups is 1. The maximum absolute atomic E-state index is 11.7. The molecule has 0 radical (unpaired) electrons. The molecule has 0 unspecified atom stereocenters. The van der Waals surface area contributed by atoms with E-state index in [4.69, 9.17) is 5.73 Å². The van der Waals surface area contributed by atoms with Crippen LogP contribution in [0, 0.1) is 0 Å². The molecule has 0 heterocycles. The number of nitrogens with one attached hydrogen (secondary N) is 1. The molecular weight excluding hydrogens is 236 g/mol. The van der Waals surface area contributed by atoms with Crippen LogP contribution in [0.2, 0.25) is 0 Å². The third-order valence-electron chi connectivity index (χ3n) is 2.95. The standard InChI is InChI=1S/C16H18N2O/c17-15-9-6-13(7-10-15)8-11-16(19)18-12-14-4-2-1-3-5-14/h1-7,9-10H,8,11-12,17H2,(H,18,19). The van der Waals surface area contributed by atoms with Crippen molar-refractivity contribution in [3.63, 3.8) is 0 Å². The average molecular weight is 254 g/mol. The molecule has 0 aliphatic heterocycles. The van der Waals surface area contributed by atoms with E-state index in [-0.39, 0.29) is 5.91 Å². The summed E-state index contributed by atoms with van der Waals surface area (Å²) in [4.78, 5) is 11.7. The number of rotatable bonds is 5. The quantitative estimate of drug-likeness (QED) is 0.805. The molecule has 0 aromatic heterocycles. The van der Waals surface area contributed by atoms with Crippen LogP contribution in [-0.4, -0.2) is 5.91 Å². The fourth-order valence-electron chi connectivity index (χ4n) is 1.83. The molecule has 0 spiro atoms. The van der Waals surface area contributed by atoms with Crippen LogP contribution in [0.15, 0.2) is 54.6 Å². The third kappa shape index (κ3) is 4.47. The maximum atomic E-state index is 11.7. The first-order valence-electron chi connectivity index (χ1n) is 6.39. The summed E-state index contributed by atoms with van der Waals surface area (Å²) in [5.41, 5.74) is 8.61. The second-order valence-electron chi connectivity index (χ2n) is 4.50. The Bertz CT molecular complexity index is 520. The molecule has 3 N–H and O–H groups in total. The van der Waals surface area contributed by atoms with Gasteiger partial charge in [-0.2, -0.15) is 0 Å². The summed E-state index contributed by atoms with van der Waals surface area (Å²) in [6, 6.07) is 17.5. The van der Waals surface area contributed by atoms with Crippen molar-refractivity contribution in [3.8, 4) is 0 Å². The monoisotopic (exact) mass is 254 g/mol. The van der Waals surface area contributed by atoms with E-state index in [2.05, 4.69) is 5.32 Å². The summed E-state index contributed by atoms with van der Waals surface area (Å²) in [6.07, 6.45) is 1.23. The minimum atomic E-state index is 0.0701. The number of anilines is 1. The number of amides is 1. The fraction of sp³-hybridized carbons (Fsp3) is 0.188. The van der Waals surface area contributed by atoms with Crippen molar-refractivity contribution >= 4 is 11.6 Å². The molecule has 0 aliphatic carbocycles. The van der Waals surface area contributed by atoms with Gasteiger partial charge in [-0.1, -0.05) is 42.5 Å². The summed E-state index contributed by atoms with van der Waals surface area (Å²) in [5.74, 6) is 0.0701. The van der Waals surface area contributed by atoms with Crippen LogP contribution in [0.1, 0.15) is 17.5 Å². The Balaban J connectivity index is 1.74. The molecule has 2 aromatic rings. The van der Waals surface area contributed by atoms with Crippen molar-refractivity contribution < 1.29 is 4.79 Å². The van der Waals surface area contributed by atoms with E-state index in [9.17, 15) is 4.79 Å². The Hall–Kier alpha value is -2.29.